The topological polar surface area (TPSA) is 59.1 Å². The number of hydrogen-bond acceptors (Lipinski definition) is 5. The van der Waals surface area contributed by atoms with Crippen molar-refractivity contribution < 1.29 is 9.59 Å². The van der Waals surface area contributed by atoms with E-state index in [9.17, 15) is 9.59 Å². The molecule has 148 valence electrons. The van der Waals surface area contributed by atoms with Gasteiger partial charge in [-0.05, 0) is 46.3 Å². The third-order valence-electron chi connectivity index (χ3n) is 6.28. The number of hydrogen-bond donors (Lipinski definition) is 1. The van der Waals surface area contributed by atoms with Gasteiger partial charge in [-0.2, -0.15) is 0 Å². The van der Waals surface area contributed by atoms with Gasteiger partial charge in [-0.15, -0.1) is 0 Å². The van der Waals surface area contributed by atoms with Crippen LogP contribution in [-0.2, 0) is 9.59 Å². The Morgan fingerprint density at radius 1 is 0.923 bits per heavy atom. The standard InChI is InChI=1S/C19H35N5O2/c1-20-14-18(25)22-8-5-17(6-9-22)24-7-3-4-16(15-24)19(26)23-12-10-21(2)11-13-23/h16-17,20H,3-15H2,1-2H3/t16-/m0/s1. The van der Waals surface area contributed by atoms with Gasteiger partial charge in [0, 0.05) is 51.9 Å². The Bertz CT molecular complexity index is 484. The van der Waals surface area contributed by atoms with Gasteiger partial charge >= 0.3 is 0 Å². The fourth-order valence-electron chi connectivity index (χ4n) is 4.57. The summed E-state index contributed by atoms with van der Waals surface area (Å²) in [5, 5.41) is 2.94. The molecule has 7 heteroatoms. The molecule has 26 heavy (non-hydrogen) atoms. The Morgan fingerprint density at radius 2 is 1.62 bits per heavy atom. The predicted molar refractivity (Wildman–Crippen MR) is 102 cm³/mol. The zero-order chi connectivity index (χ0) is 18.5. The van der Waals surface area contributed by atoms with Crippen LogP contribution in [0.1, 0.15) is 25.7 Å². The summed E-state index contributed by atoms with van der Waals surface area (Å²) < 4.78 is 0. The molecular weight excluding hydrogens is 330 g/mol. The highest BCUT2D eigenvalue weighted by Crippen LogP contribution is 2.25. The number of likely N-dealkylation sites (tertiary alicyclic amines) is 2. The third-order valence-corrected chi connectivity index (χ3v) is 6.28. The fourth-order valence-corrected chi connectivity index (χ4v) is 4.57. The van der Waals surface area contributed by atoms with Crippen LogP contribution in [-0.4, -0.2) is 110 Å². The second kappa shape index (κ2) is 9.15. The second-order valence-corrected chi connectivity index (χ2v) is 8.10. The summed E-state index contributed by atoms with van der Waals surface area (Å²) >= 11 is 0. The van der Waals surface area contributed by atoms with Gasteiger partial charge in [0.15, 0.2) is 0 Å². The van der Waals surface area contributed by atoms with Gasteiger partial charge in [0.05, 0.1) is 12.5 Å². The van der Waals surface area contributed by atoms with Crippen molar-refractivity contribution in [1.29, 1.82) is 0 Å². The Labute approximate surface area is 157 Å². The van der Waals surface area contributed by atoms with E-state index >= 15 is 0 Å². The van der Waals surface area contributed by atoms with Crippen molar-refractivity contribution in [2.75, 3.05) is 73.0 Å². The van der Waals surface area contributed by atoms with Crippen molar-refractivity contribution in [2.45, 2.75) is 31.7 Å². The summed E-state index contributed by atoms with van der Waals surface area (Å²) in [5.74, 6) is 0.730. The zero-order valence-electron chi connectivity index (χ0n) is 16.5. The maximum absolute atomic E-state index is 12.9. The molecule has 2 amide bonds. The normalized spacial score (nSPS) is 26.9. The Kier molecular flexibility index (Phi) is 6.89. The molecular formula is C19H35N5O2. The molecule has 3 aliphatic heterocycles. The van der Waals surface area contributed by atoms with E-state index in [0.29, 0.717) is 18.5 Å². The zero-order valence-corrected chi connectivity index (χ0v) is 16.5. The largest absolute Gasteiger partial charge is 0.341 e. The molecule has 3 saturated heterocycles. The van der Waals surface area contributed by atoms with E-state index in [1.807, 2.05) is 11.9 Å². The maximum atomic E-state index is 12.9. The van der Waals surface area contributed by atoms with Crippen LogP contribution in [0.5, 0.6) is 0 Å². The highest BCUT2D eigenvalue weighted by Gasteiger charge is 2.34. The summed E-state index contributed by atoms with van der Waals surface area (Å²) in [6, 6.07) is 0.525. The van der Waals surface area contributed by atoms with Crippen molar-refractivity contribution >= 4 is 11.8 Å². The van der Waals surface area contributed by atoms with E-state index in [2.05, 4.69) is 27.1 Å². The van der Waals surface area contributed by atoms with Crippen LogP contribution < -0.4 is 5.32 Å². The number of piperazine rings is 1. The number of nitrogens with one attached hydrogen (secondary N) is 1. The SMILES string of the molecule is CNCC(=O)N1CCC(N2CCC[C@H](C(=O)N3CCN(C)CC3)C2)CC1. The fraction of sp³-hybridized carbons (Fsp3) is 0.895. The molecule has 0 unspecified atom stereocenters. The molecule has 0 spiro atoms. The van der Waals surface area contributed by atoms with Gasteiger partial charge in [-0.3, -0.25) is 14.5 Å². The minimum absolute atomic E-state index is 0.163. The number of carbonyl (C=O) groups excluding carboxylic acids is 2. The maximum Gasteiger partial charge on any atom is 0.236 e. The lowest BCUT2D eigenvalue weighted by atomic mass is 9.92. The number of carbonyl (C=O) groups is 2. The van der Waals surface area contributed by atoms with Gasteiger partial charge in [0.25, 0.3) is 0 Å². The first-order valence-electron chi connectivity index (χ1n) is 10.2. The predicted octanol–water partition coefficient (Wildman–Crippen LogP) is -0.317. The number of likely N-dealkylation sites (N-methyl/N-ethyl adjacent to an activating group) is 2. The number of amides is 2. The third kappa shape index (κ3) is 4.75. The van der Waals surface area contributed by atoms with Crippen LogP contribution in [0.3, 0.4) is 0 Å². The Balaban J connectivity index is 1.48. The lowest BCUT2D eigenvalue weighted by Crippen LogP contribution is -2.54. The molecule has 1 atom stereocenters. The lowest BCUT2D eigenvalue weighted by molar-refractivity contribution is -0.139. The average molecular weight is 366 g/mol. The van der Waals surface area contributed by atoms with Crippen LogP contribution in [0.25, 0.3) is 0 Å². The van der Waals surface area contributed by atoms with Crippen molar-refractivity contribution in [3.63, 3.8) is 0 Å². The van der Waals surface area contributed by atoms with Crippen LogP contribution in [0.4, 0.5) is 0 Å². The van der Waals surface area contributed by atoms with Crippen molar-refractivity contribution in [2.24, 2.45) is 5.92 Å². The van der Waals surface area contributed by atoms with E-state index in [1.54, 1.807) is 0 Å². The second-order valence-electron chi connectivity index (χ2n) is 8.10. The molecule has 7 nitrogen and oxygen atoms in total. The van der Waals surface area contributed by atoms with E-state index < -0.39 is 0 Å². The van der Waals surface area contributed by atoms with Crippen LogP contribution in [0.15, 0.2) is 0 Å². The molecule has 0 aromatic heterocycles. The highest BCUT2D eigenvalue weighted by atomic mass is 16.2. The minimum atomic E-state index is 0.163. The summed E-state index contributed by atoms with van der Waals surface area (Å²) in [4.78, 5) is 33.8. The summed E-state index contributed by atoms with van der Waals surface area (Å²) in [6.07, 6.45) is 4.21. The van der Waals surface area contributed by atoms with E-state index in [4.69, 9.17) is 0 Å². The first-order chi connectivity index (χ1) is 12.6. The summed E-state index contributed by atoms with van der Waals surface area (Å²) in [5.41, 5.74) is 0. The van der Waals surface area contributed by atoms with E-state index in [1.165, 1.54) is 0 Å². The molecule has 1 N–H and O–H groups in total. The monoisotopic (exact) mass is 365 g/mol. The molecule has 0 saturated carbocycles. The van der Waals surface area contributed by atoms with Crippen LogP contribution in [0.2, 0.25) is 0 Å². The van der Waals surface area contributed by atoms with Gasteiger partial charge in [0.1, 0.15) is 0 Å². The average Bonchev–Trinajstić information content (AvgIpc) is 2.68. The molecule has 3 fully saturated rings. The summed E-state index contributed by atoms with van der Waals surface area (Å²) in [6.45, 7) is 7.84. The summed E-state index contributed by atoms with van der Waals surface area (Å²) in [7, 11) is 3.94. The first kappa shape index (κ1) is 19.6. The minimum Gasteiger partial charge on any atom is -0.341 e. The smallest absolute Gasteiger partial charge is 0.236 e. The van der Waals surface area contributed by atoms with Gasteiger partial charge in [-0.25, -0.2) is 0 Å². The molecule has 0 aliphatic carbocycles. The molecule has 0 aromatic carbocycles. The highest BCUT2D eigenvalue weighted by molar-refractivity contribution is 5.79. The van der Waals surface area contributed by atoms with Crippen molar-refractivity contribution in [1.82, 2.24) is 24.9 Å². The molecule has 3 heterocycles. The number of rotatable bonds is 4. The molecule has 0 bridgehead atoms. The van der Waals surface area contributed by atoms with E-state index in [0.717, 1.165) is 78.0 Å². The van der Waals surface area contributed by atoms with Crippen LogP contribution >= 0.6 is 0 Å². The van der Waals surface area contributed by atoms with Crippen molar-refractivity contribution in [3.8, 4) is 0 Å². The van der Waals surface area contributed by atoms with Gasteiger partial charge in [-0.1, -0.05) is 0 Å². The molecule has 0 radical (unpaired) electrons. The lowest BCUT2D eigenvalue weighted by Gasteiger charge is -2.43. The number of piperidine rings is 2. The molecule has 0 aromatic rings. The van der Waals surface area contributed by atoms with Gasteiger partial charge < -0.3 is 20.0 Å². The van der Waals surface area contributed by atoms with Crippen LogP contribution in [0, 0.1) is 5.92 Å². The first-order valence-corrected chi connectivity index (χ1v) is 10.2. The van der Waals surface area contributed by atoms with Crippen molar-refractivity contribution in [3.05, 3.63) is 0 Å². The quantitative estimate of drug-likeness (QED) is 0.740. The molecule has 3 aliphatic rings. The number of nitrogens with zero attached hydrogens (tertiary/aromatic N) is 4. The Morgan fingerprint density at radius 3 is 2.27 bits per heavy atom. The Hall–Kier alpha value is -1.18. The molecule has 3 rings (SSSR count). The van der Waals surface area contributed by atoms with E-state index in [-0.39, 0.29) is 11.8 Å². The van der Waals surface area contributed by atoms with Gasteiger partial charge in [0.2, 0.25) is 11.8 Å².